The maximum atomic E-state index is 13.5. The number of amides is 1. The van der Waals surface area contributed by atoms with E-state index >= 15 is 0 Å². The third-order valence-corrected chi connectivity index (χ3v) is 7.58. The molecule has 0 aliphatic rings. The van der Waals surface area contributed by atoms with E-state index in [0.29, 0.717) is 35.0 Å². The van der Waals surface area contributed by atoms with Gasteiger partial charge in [-0.2, -0.15) is 10.4 Å². The quantitative estimate of drug-likeness (QED) is 0.150. The zero-order valence-corrected chi connectivity index (χ0v) is 25.3. The van der Waals surface area contributed by atoms with E-state index in [1.165, 1.54) is 10.8 Å². The number of anilines is 1. The van der Waals surface area contributed by atoms with Crippen LogP contribution in [0.2, 0.25) is 0 Å². The first kappa shape index (κ1) is 29.7. The van der Waals surface area contributed by atoms with Crippen LogP contribution in [0.3, 0.4) is 0 Å². The second-order valence-corrected chi connectivity index (χ2v) is 10.6. The Morgan fingerprint density at radius 1 is 0.913 bits per heavy atom. The molecule has 6 rings (SSSR count). The Labute approximate surface area is 265 Å². The molecule has 4 aromatic carbocycles. The number of para-hydroxylation sites is 2. The average molecular weight is 607 g/mol. The molecular weight excluding hydrogens is 576 g/mol. The molecule has 1 N–H and O–H groups in total. The fourth-order valence-corrected chi connectivity index (χ4v) is 5.10. The Morgan fingerprint density at radius 3 is 2.24 bits per heavy atom. The van der Waals surface area contributed by atoms with Crippen LogP contribution in [-0.4, -0.2) is 25.1 Å². The Kier molecular flexibility index (Phi) is 8.43. The summed E-state index contributed by atoms with van der Waals surface area (Å²) < 4.78 is 10.9. The fourth-order valence-electron chi connectivity index (χ4n) is 5.10. The van der Waals surface area contributed by atoms with Crippen molar-refractivity contribution >= 4 is 17.7 Å². The van der Waals surface area contributed by atoms with E-state index in [2.05, 4.69) is 5.32 Å². The molecule has 0 saturated heterocycles. The number of nitrogens with one attached hydrogen (secondary N) is 1. The Hall–Kier alpha value is -6.40. The van der Waals surface area contributed by atoms with Gasteiger partial charge < -0.3 is 10.1 Å². The van der Waals surface area contributed by atoms with E-state index in [0.717, 1.165) is 16.8 Å². The average Bonchev–Trinajstić information content (AvgIpc) is 3.61. The number of benzene rings is 4. The summed E-state index contributed by atoms with van der Waals surface area (Å²) in [5.74, 6) is -0.0510. The Bertz CT molecular complexity index is 2140. The maximum Gasteiger partial charge on any atom is 0.295 e. The second kappa shape index (κ2) is 13.1. The highest BCUT2D eigenvalue weighted by molar-refractivity contribution is 6.10. The molecule has 9 heteroatoms. The smallest absolute Gasteiger partial charge is 0.295 e. The van der Waals surface area contributed by atoms with Crippen molar-refractivity contribution in [2.45, 2.75) is 13.5 Å². The summed E-state index contributed by atoms with van der Waals surface area (Å²) in [4.78, 5) is 26.9. The molecule has 9 nitrogen and oxygen atoms in total. The summed E-state index contributed by atoms with van der Waals surface area (Å²) in [5, 5.41) is 17.6. The molecule has 0 saturated carbocycles. The number of aromatic nitrogens is 4. The van der Waals surface area contributed by atoms with Crippen molar-refractivity contribution in [3.8, 4) is 34.5 Å². The van der Waals surface area contributed by atoms with Gasteiger partial charge in [0, 0.05) is 24.4 Å². The number of hydrogen-bond acceptors (Lipinski definition) is 5. The lowest BCUT2D eigenvalue weighted by molar-refractivity contribution is -0.112. The summed E-state index contributed by atoms with van der Waals surface area (Å²) >= 11 is 0. The van der Waals surface area contributed by atoms with Crippen molar-refractivity contribution in [1.29, 1.82) is 5.26 Å². The van der Waals surface area contributed by atoms with Gasteiger partial charge in [0.05, 0.1) is 17.1 Å². The summed E-state index contributed by atoms with van der Waals surface area (Å²) in [6, 6.07) is 38.1. The van der Waals surface area contributed by atoms with Crippen molar-refractivity contribution in [2.24, 2.45) is 7.05 Å². The molecule has 46 heavy (non-hydrogen) atoms. The van der Waals surface area contributed by atoms with Crippen LogP contribution < -0.4 is 15.6 Å². The third-order valence-electron chi connectivity index (χ3n) is 7.58. The number of rotatable bonds is 9. The lowest BCUT2D eigenvalue weighted by Gasteiger charge is -2.08. The summed E-state index contributed by atoms with van der Waals surface area (Å²) in [7, 11) is 1.74. The van der Waals surface area contributed by atoms with Crippen LogP contribution in [0.4, 0.5) is 5.69 Å². The molecule has 0 aliphatic heterocycles. The molecule has 0 bridgehead atoms. The lowest BCUT2D eigenvalue weighted by Crippen LogP contribution is -2.23. The van der Waals surface area contributed by atoms with Crippen LogP contribution >= 0.6 is 0 Å². The topological polar surface area (TPSA) is 107 Å². The number of nitriles is 1. The van der Waals surface area contributed by atoms with Crippen LogP contribution in [0.1, 0.15) is 16.8 Å². The van der Waals surface area contributed by atoms with E-state index in [9.17, 15) is 14.9 Å². The van der Waals surface area contributed by atoms with Gasteiger partial charge in [0.25, 0.3) is 11.5 Å². The predicted molar refractivity (Wildman–Crippen MR) is 178 cm³/mol. The third kappa shape index (κ3) is 6.14. The van der Waals surface area contributed by atoms with Gasteiger partial charge in [-0.3, -0.25) is 14.3 Å². The molecule has 0 aliphatic carbocycles. The first-order valence-corrected chi connectivity index (χ1v) is 14.6. The first-order valence-electron chi connectivity index (χ1n) is 14.6. The molecule has 0 fully saturated rings. The Morgan fingerprint density at radius 2 is 1.57 bits per heavy atom. The monoisotopic (exact) mass is 606 g/mol. The summed E-state index contributed by atoms with van der Waals surface area (Å²) in [6.45, 7) is 2.14. The fraction of sp³-hybridized carbons (Fsp3) is 0.0811. The maximum absolute atomic E-state index is 13.5. The molecule has 6 aromatic rings. The molecule has 0 unspecified atom stereocenters. The van der Waals surface area contributed by atoms with Crippen molar-refractivity contribution in [3.05, 3.63) is 154 Å². The Balaban J connectivity index is 1.35. The van der Waals surface area contributed by atoms with Gasteiger partial charge in [-0.1, -0.05) is 78.9 Å². The molecule has 0 atom stereocenters. The molecule has 0 radical (unpaired) electrons. The van der Waals surface area contributed by atoms with Gasteiger partial charge in [-0.25, -0.2) is 9.36 Å². The van der Waals surface area contributed by atoms with E-state index in [1.54, 1.807) is 41.7 Å². The number of carbonyl (C=O) groups excluding carboxylic acids is 1. The zero-order valence-electron chi connectivity index (χ0n) is 25.3. The number of carbonyl (C=O) groups is 1. The largest absolute Gasteiger partial charge is 0.489 e. The highest BCUT2D eigenvalue weighted by atomic mass is 16.5. The summed E-state index contributed by atoms with van der Waals surface area (Å²) in [5.41, 5.74) is 4.41. The van der Waals surface area contributed by atoms with E-state index in [-0.39, 0.29) is 11.3 Å². The van der Waals surface area contributed by atoms with Crippen LogP contribution in [0.25, 0.3) is 28.7 Å². The molecule has 0 spiro atoms. The van der Waals surface area contributed by atoms with Crippen molar-refractivity contribution in [2.75, 3.05) is 5.32 Å². The van der Waals surface area contributed by atoms with Gasteiger partial charge in [-0.15, -0.1) is 0 Å². The highest BCUT2D eigenvalue weighted by Gasteiger charge is 2.21. The predicted octanol–water partition coefficient (Wildman–Crippen LogP) is 6.46. The second-order valence-electron chi connectivity index (χ2n) is 10.6. The molecule has 2 aromatic heterocycles. The lowest BCUT2D eigenvalue weighted by atomic mass is 10.1. The summed E-state index contributed by atoms with van der Waals surface area (Å²) in [6.07, 6.45) is 3.26. The molecule has 2 heterocycles. The van der Waals surface area contributed by atoms with Gasteiger partial charge in [0.2, 0.25) is 0 Å². The zero-order chi connectivity index (χ0) is 32.0. The number of ether oxygens (including phenoxy) is 1. The van der Waals surface area contributed by atoms with Crippen LogP contribution in [0, 0.1) is 18.3 Å². The molecule has 1 amide bonds. The minimum absolute atomic E-state index is 0.0981. The van der Waals surface area contributed by atoms with E-state index in [1.807, 2.05) is 109 Å². The van der Waals surface area contributed by atoms with Crippen molar-refractivity contribution in [3.63, 3.8) is 0 Å². The highest BCUT2D eigenvalue weighted by Crippen LogP contribution is 2.29. The number of hydrogen-bond donors (Lipinski definition) is 1. The van der Waals surface area contributed by atoms with E-state index in [4.69, 9.17) is 9.84 Å². The van der Waals surface area contributed by atoms with Crippen LogP contribution in [-0.2, 0) is 18.4 Å². The molecular formula is C37H30N6O3. The number of nitrogens with zero attached hydrogens (tertiary/aromatic N) is 5. The SMILES string of the molecule is Cc1c(NC(=O)/C(C#N)=C\c2cn(-c3ccccc3)nc2-c2cccc(OCc3ccccc3)c2)c(=O)n(-c2ccccc2)n1C. The van der Waals surface area contributed by atoms with E-state index < -0.39 is 11.5 Å². The normalized spacial score (nSPS) is 11.2. The van der Waals surface area contributed by atoms with Crippen LogP contribution in [0.15, 0.2) is 132 Å². The minimum Gasteiger partial charge on any atom is -0.489 e. The van der Waals surface area contributed by atoms with Gasteiger partial charge in [0.15, 0.2) is 0 Å². The van der Waals surface area contributed by atoms with Crippen LogP contribution in [0.5, 0.6) is 5.75 Å². The molecule has 226 valence electrons. The first-order chi connectivity index (χ1) is 22.4. The van der Waals surface area contributed by atoms with Gasteiger partial charge >= 0.3 is 0 Å². The standard InChI is InChI=1S/C37H30N6O3/c1-26-34(37(45)43(41(26)2)32-18-10-5-11-19-32)39-36(44)29(23-38)21-30-24-42(31-16-8-4-9-17-31)40-35(30)28-15-12-20-33(22-28)46-25-27-13-6-3-7-14-27/h3-22,24H,25H2,1-2H3,(H,39,44)/b29-21-. The minimum atomic E-state index is -0.702. The van der Waals surface area contributed by atoms with Crippen molar-refractivity contribution in [1.82, 2.24) is 19.1 Å². The van der Waals surface area contributed by atoms with Crippen molar-refractivity contribution < 1.29 is 9.53 Å². The van der Waals surface area contributed by atoms with Gasteiger partial charge in [0.1, 0.15) is 35.4 Å². The van der Waals surface area contributed by atoms with Gasteiger partial charge in [-0.05, 0) is 55.0 Å².